The average Bonchev–Trinajstić information content (AvgIpc) is 3.59. The van der Waals surface area contributed by atoms with Crippen LogP contribution < -0.4 is 11.1 Å². The maximum Gasteiger partial charge on any atom is 0.170 e. The van der Waals surface area contributed by atoms with Crippen LogP contribution >= 0.6 is 11.6 Å². The molecule has 2 fully saturated rings. The number of aromatic nitrogens is 1. The van der Waals surface area contributed by atoms with Gasteiger partial charge in [-0.3, -0.25) is 4.98 Å². The van der Waals surface area contributed by atoms with Crippen LogP contribution in [-0.2, 0) is 10.2 Å². The molecule has 5 nitrogen and oxygen atoms in total. The van der Waals surface area contributed by atoms with E-state index in [1.54, 1.807) is 6.07 Å². The minimum absolute atomic E-state index is 0.0400. The van der Waals surface area contributed by atoms with E-state index in [1.165, 1.54) is 6.07 Å². The lowest BCUT2D eigenvalue weighted by molar-refractivity contribution is -0.109. The third-order valence-corrected chi connectivity index (χ3v) is 7.18. The van der Waals surface area contributed by atoms with Crippen molar-refractivity contribution in [1.82, 2.24) is 4.98 Å². The second-order valence-corrected chi connectivity index (χ2v) is 9.50. The highest BCUT2D eigenvalue weighted by atomic mass is 35.5. The molecule has 0 amide bonds. The summed E-state index contributed by atoms with van der Waals surface area (Å²) in [7, 11) is 0. The Morgan fingerprint density at radius 2 is 1.91 bits per heavy atom. The van der Waals surface area contributed by atoms with Gasteiger partial charge in [-0.2, -0.15) is 0 Å². The molecule has 0 spiro atoms. The van der Waals surface area contributed by atoms with Gasteiger partial charge in [0.25, 0.3) is 0 Å². The summed E-state index contributed by atoms with van der Waals surface area (Å²) < 4.78 is 14.1. The summed E-state index contributed by atoms with van der Waals surface area (Å²) in [5, 5.41) is 14.2. The van der Waals surface area contributed by atoms with Gasteiger partial charge < -0.3 is 21.0 Å². The number of benzene rings is 2. The van der Waals surface area contributed by atoms with Gasteiger partial charge in [-0.1, -0.05) is 17.7 Å². The third kappa shape index (κ3) is 3.71. The van der Waals surface area contributed by atoms with Crippen LogP contribution in [-0.4, -0.2) is 28.5 Å². The molecule has 5 rings (SSSR count). The van der Waals surface area contributed by atoms with Crippen LogP contribution in [0.3, 0.4) is 0 Å². The Kier molecular flexibility index (Phi) is 5.30. The fourth-order valence-corrected chi connectivity index (χ4v) is 4.90. The van der Waals surface area contributed by atoms with E-state index in [4.69, 9.17) is 17.3 Å². The molecule has 0 unspecified atom stereocenters. The van der Waals surface area contributed by atoms with Gasteiger partial charge in [0, 0.05) is 34.9 Å². The molecule has 2 aliphatic rings. The van der Waals surface area contributed by atoms with Gasteiger partial charge in [0.2, 0.25) is 0 Å². The van der Waals surface area contributed by atoms with Crippen LogP contribution in [0, 0.1) is 5.82 Å². The summed E-state index contributed by atoms with van der Waals surface area (Å²) in [6, 6.07) is 9.01. The van der Waals surface area contributed by atoms with Gasteiger partial charge in [-0.05, 0) is 73.9 Å². The lowest BCUT2D eigenvalue weighted by Crippen LogP contribution is -2.33. The number of hydrogen-bond acceptors (Lipinski definition) is 5. The first-order valence-electron chi connectivity index (χ1n) is 11.0. The minimum atomic E-state index is -0.769. The summed E-state index contributed by atoms with van der Waals surface area (Å²) in [4.78, 5) is 16.6. The Labute approximate surface area is 190 Å². The maximum absolute atomic E-state index is 14.1. The Morgan fingerprint density at radius 3 is 2.56 bits per heavy atom. The molecule has 0 saturated heterocycles. The first-order valence-corrected chi connectivity index (χ1v) is 11.4. The number of pyridine rings is 1. The summed E-state index contributed by atoms with van der Waals surface area (Å²) in [5.41, 5.74) is 9.54. The number of aromatic hydroxyl groups is 1. The molecule has 2 aliphatic carbocycles. The number of nitrogens with one attached hydrogen (secondary N) is 1. The number of carbonyl (C=O) groups is 1. The van der Waals surface area contributed by atoms with E-state index in [1.807, 2.05) is 24.4 Å². The van der Waals surface area contributed by atoms with Crippen LogP contribution in [0.2, 0.25) is 5.02 Å². The van der Waals surface area contributed by atoms with Crippen molar-refractivity contribution in [2.45, 2.75) is 56.0 Å². The van der Waals surface area contributed by atoms with Crippen molar-refractivity contribution in [2.75, 3.05) is 5.32 Å². The zero-order valence-corrected chi connectivity index (χ0v) is 18.3. The van der Waals surface area contributed by atoms with Crippen LogP contribution in [0.4, 0.5) is 10.1 Å². The summed E-state index contributed by atoms with van der Waals surface area (Å²) in [6.07, 6.45) is 8.34. The first-order chi connectivity index (χ1) is 15.4. The lowest BCUT2D eigenvalue weighted by Gasteiger charge is -2.29. The number of carbonyl (C=O) groups excluding carboxylic acids is 1. The van der Waals surface area contributed by atoms with Crippen molar-refractivity contribution < 1.29 is 14.3 Å². The van der Waals surface area contributed by atoms with Crippen molar-refractivity contribution in [3.05, 3.63) is 52.9 Å². The molecule has 0 aliphatic heterocycles. The van der Waals surface area contributed by atoms with Crippen molar-refractivity contribution in [2.24, 2.45) is 5.73 Å². The summed E-state index contributed by atoms with van der Waals surface area (Å²) >= 11 is 6.01. The number of hydrogen-bond donors (Lipinski definition) is 3. The highest BCUT2D eigenvalue weighted by Crippen LogP contribution is 2.50. The molecular weight excluding hydrogens is 429 g/mol. The molecule has 2 saturated carbocycles. The molecule has 1 aromatic heterocycles. The van der Waals surface area contributed by atoms with Crippen molar-refractivity contribution in [1.29, 1.82) is 0 Å². The summed E-state index contributed by atoms with van der Waals surface area (Å²) in [5.74, 6) is -1.33. The number of aldehydes is 1. The summed E-state index contributed by atoms with van der Waals surface area (Å²) in [6.45, 7) is 0. The van der Waals surface area contributed by atoms with E-state index in [0.717, 1.165) is 72.5 Å². The normalized spacial score (nSPS) is 22.0. The SMILES string of the molecule is NC1CCC(Nc2c(C3(C=O)CC3)cnc3ccc(-c4cc(F)c(O)c(Cl)c4)cc23)CC1. The van der Waals surface area contributed by atoms with Crippen molar-refractivity contribution in [3.63, 3.8) is 0 Å². The predicted octanol–water partition coefficient (Wildman–Crippen LogP) is 5.31. The number of anilines is 1. The number of phenolic OH excluding ortho intramolecular Hbond substituents is 1. The fraction of sp³-hybridized carbons (Fsp3) is 0.360. The third-order valence-electron chi connectivity index (χ3n) is 6.89. The van der Waals surface area contributed by atoms with E-state index in [0.29, 0.717) is 5.56 Å². The molecule has 166 valence electrons. The van der Waals surface area contributed by atoms with E-state index in [9.17, 15) is 14.3 Å². The maximum atomic E-state index is 14.1. The molecule has 2 aromatic carbocycles. The number of phenols is 1. The zero-order valence-electron chi connectivity index (χ0n) is 17.6. The molecule has 32 heavy (non-hydrogen) atoms. The van der Waals surface area contributed by atoms with E-state index in [-0.39, 0.29) is 17.1 Å². The minimum Gasteiger partial charge on any atom is -0.504 e. The monoisotopic (exact) mass is 453 g/mol. The van der Waals surface area contributed by atoms with E-state index in [2.05, 4.69) is 10.3 Å². The standard InChI is InChI=1S/C25H25ClFN3O2/c26-20-10-15(11-21(27)24(20)32)14-1-6-22-18(9-14)23(30-17-4-2-16(28)3-5-17)19(12-29-22)25(13-31)7-8-25/h1,6,9-13,16-17,32H,2-5,7-8,28H2,(H,29,30). The van der Waals surface area contributed by atoms with Crippen LogP contribution in [0.5, 0.6) is 5.75 Å². The number of nitrogens with zero attached hydrogens (tertiary/aromatic N) is 1. The Morgan fingerprint density at radius 1 is 1.16 bits per heavy atom. The molecule has 7 heteroatoms. The number of nitrogens with two attached hydrogens (primary N) is 1. The van der Waals surface area contributed by atoms with Gasteiger partial charge in [-0.25, -0.2) is 4.39 Å². The fourth-order valence-electron chi connectivity index (χ4n) is 4.69. The largest absolute Gasteiger partial charge is 0.504 e. The number of rotatable bonds is 5. The molecule has 3 aromatic rings. The highest BCUT2D eigenvalue weighted by molar-refractivity contribution is 6.32. The smallest absolute Gasteiger partial charge is 0.170 e. The Bertz CT molecular complexity index is 1180. The predicted molar refractivity (Wildman–Crippen MR) is 125 cm³/mol. The first kappa shape index (κ1) is 21.2. The molecule has 0 radical (unpaired) electrons. The van der Waals surface area contributed by atoms with E-state index >= 15 is 0 Å². The van der Waals surface area contributed by atoms with Crippen molar-refractivity contribution in [3.8, 4) is 16.9 Å². The van der Waals surface area contributed by atoms with Gasteiger partial charge in [0.1, 0.15) is 6.29 Å². The Balaban J connectivity index is 1.64. The van der Waals surface area contributed by atoms with Crippen LogP contribution in [0.15, 0.2) is 36.5 Å². The highest BCUT2D eigenvalue weighted by Gasteiger charge is 2.46. The molecular formula is C25H25ClFN3O2. The van der Waals surface area contributed by atoms with Gasteiger partial charge in [0.15, 0.2) is 11.6 Å². The topological polar surface area (TPSA) is 88.2 Å². The zero-order chi connectivity index (χ0) is 22.5. The van der Waals surface area contributed by atoms with Crippen LogP contribution in [0.25, 0.3) is 22.0 Å². The number of fused-ring (bicyclic) bond motifs is 1. The molecule has 0 atom stereocenters. The molecule has 1 heterocycles. The van der Waals surface area contributed by atoms with Gasteiger partial charge in [-0.15, -0.1) is 0 Å². The molecule has 0 bridgehead atoms. The van der Waals surface area contributed by atoms with Crippen LogP contribution in [0.1, 0.15) is 44.1 Å². The van der Waals surface area contributed by atoms with Gasteiger partial charge in [0.05, 0.1) is 16.0 Å². The molecule has 4 N–H and O–H groups in total. The second kappa shape index (κ2) is 8.01. The van der Waals surface area contributed by atoms with Gasteiger partial charge >= 0.3 is 0 Å². The lowest BCUT2D eigenvalue weighted by atomic mass is 9.89. The number of halogens is 2. The Hall–Kier alpha value is -2.70. The van der Waals surface area contributed by atoms with E-state index < -0.39 is 17.0 Å². The van der Waals surface area contributed by atoms with Crippen molar-refractivity contribution >= 4 is 34.5 Å². The second-order valence-electron chi connectivity index (χ2n) is 9.10. The quantitative estimate of drug-likeness (QED) is 0.455. The average molecular weight is 454 g/mol.